The van der Waals surface area contributed by atoms with E-state index in [1.807, 2.05) is 0 Å². The van der Waals surface area contributed by atoms with E-state index in [-0.39, 0.29) is 12.6 Å². The van der Waals surface area contributed by atoms with Crippen LogP contribution in [0.2, 0.25) is 5.02 Å². The molecule has 1 atom stereocenters. The summed E-state index contributed by atoms with van der Waals surface area (Å²) in [6.07, 6.45) is -3.57. The average molecular weight is 357 g/mol. The monoisotopic (exact) mass is 356 g/mol. The SMILES string of the molecule is CNCC1CCCN1S(=O)(=O)c1c(Cl)cccc1C(F)(F)F. The molecule has 1 aromatic rings. The van der Waals surface area contributed by atoms with Gasteiger partial charge in [0, 0.05) is 19.1 Å². The highest BCUT2D eigenvalue weighted by molar-refractivity contribution is 7.89. The van der Waals surface area contributed by atoms with Crippen LogP contribution in [0.5, 0.6) is 0 Å². The molecule has 124 valence electrons. The zero-order chi connectivity index (χ0) is 16.5. The molecule has 1 N–H and O–H groups in total. The van der Waals surface area contributed by atoms with Crippen molar-refractivity contribution >= 4 is 21.6 Å². The van der Waals surface area contributed by atoms with Crippen LogP contribution < -0.4 is 5.32 Å². The molecule has 1 aliphatic heterocycles. The lowest BCUT2D eigenvalue weighted by Gasteiger charge is -2.26. The molecule has 1 heterocycles. The van der Waals surface area contributed by atoms with E-state index in [4.69, 9.17) is 11.6 Å². The van der Waals surface area contributed by atoms with Crippen molar-refractivity contribution in [2.45, 2.75) is 30.0 Å². The van der Waals surface area contributed by atoms with Crippen molar-refractivity contribution < 1.29 is 21.6 Å². The highest BCUT2D eigenvalue weighted by Crippen LogP contribution is 2.40. The van der Waals surface area contributed by atoms with Gasteiger partial charge in [0.25, 0.3) is 0 Å². The van der Waals surface area contributed by atoms with Crippen LogP contribution in [0.3, 0.4) is 0 Å². The Morgan fingerprint density at radius 2 is 2.09 bits per heavy atom. The fourth-order valence-electron chi connectivity index (χ4n) is 2.68. The molecule has 0 aliphatic carbocycles. The van der Waals surface area contributed by atoms with Gasteiger partial charge in [0.1, 0.15) is 4.90 Å². The molecule has 0 radical (unpaired) electrons. The van der Waals surface area contributed by atoms with Crippen molar-refractivity contribution in [3.05, 3.63) is 28.8 Å². The zero-order valence-electron chi connectivity index (χ0n) is 11.8. The first-order chi connectivity index (χ1) is 10.2. The van der Waals surface area contributed by atoms with Gasteiger partial charge in [-0.05, 0) is 32.0 Å². The third-order valence-electron chi connectivity index (χ3n) is 3.60. The maximum atomic E-state index is 13.1. The standard InChI is InChI=1S/C13H16ClF3N2O2S/c1-18-8-9-4-3-7-19(9)22(20,21)12-10(13(15,16)17)5-2-6-11(12)14/h2,5-6,9,18H,3-4,7-8H2,1H3. The van der Waals surface area contributed by atoms with Crippen LogP contribution in [0, 0.1) is 0 Å². The number of halogens is 4. The first-order valence-corrected chi connectivity index (χ1v) is 8.53. The molecule has 4 nitrogen and oxygen atoms in total. The highest BCUT2D eigenvalue weighted by atomic mass is 35.5. The van der Waals surface area contributed by atoms with Crippen LogP contribution in [0.4, 0.5) is 13.2 Å². The van der Waals surface area contributed by atoms with Crippen LogP contribution in [0.15, 0.2) is 23.1 Å². The Balaban J connectivity index is 2.55. The summed E-state index contributed by atoms with van der Waals surface area (Å²) in [5.41, 5.74) is -1.23. The van der Waals surface area contributed by atoms with Crippen LogP contribution in [0.1, 0.15) is 18.4 Å². The number of hydrogen-bond donors (Lipinski definition) is 1. The summed E-state index contributed by atoms with van der Waals surface area (Å²) in [4.78, 5) is -0.854. The third-order valence-corrected chi connectivity index (χ3v) is 6.08. The first-order valence-electron chi connectivity index (χ1n) is 6.71. The van der Waals surface area contributed by atoms with Crippen LogP contribution in [-0.4, -0.2) is 38.9 Å². The second-order valence-corrected chi connectivity index (χ2v) is 7.32. The second-order valence-electron chi connectivity index (χ2n) is 5.08. The predicted molar refractivity (Wildman–Crippen MR) is 77.3 cm³/mol. The lowest BCUT2D eigenvalue weighted by atomic mass is 10.2. The van der Waals surface area contributed by atoms with E-state index in [1.54, 1.807) is 7.05 Å². The quantitative estimate of drug-likeness (QED) is 0.902. The van der Waals surface area contributed by atoms with Gasteiger partial charge in [-0.25, -0.2) is 8.42 Å². The summed E-state index contributed by atoms with van der Waals surface area (Å²) in [7, 11) is -2.65. The molecule has 0 amide bonds. The maximum Gasteiger partial charge on any atom is 0.417 e. The van der Waals surface area contributed by atoms with E-state index in [9.17, 15) is 21.6 Å². The van der Waals surface area contributed by atoms with Crippen molar-refractivity contribution in [1.29, 1.82) is 0 Å². The predicted octanol–water partition coefficient (Wildman–Crippen LogP) is 2.73. The normalized spacial score (nSPS) is 20.5. The highest BCUT2D eigenvalue weighted by Gasteiger charge is 2.43. The molecule has 1 unspecified atom stereocenters. The molecule has 0 spiro atoms. The molecule has 22 heavy (non-hydrogen) atoms. The lowest BCUT2D eigenvalue weighted by molar-refractivity contribution is -0.139. The summed E-state index contributed by atoms with van der Waals surface area (Å²) in [5.74, 6) is 0. The first kappa shape index (κ1) is 17.5. The minimum atomic E-state index is -4.79. The van der Waals surface area contributed by atoms with Crippen molar-refractivity contribution in [2.75, 3.05) is 20.1 Å². The van der Waals surface area contributed by atoms with E-state index >= 15 is 0 Å². The van der Waals surface area contributed by atoms with Gasteiger partial charge in [-0.2, -0.15) is 17.5 Å². The van der Waals surface area contributed by atoms with E-state index in [1.165, 1.54) is 0 Å². The fourth-order valence-corrected chi connectivity index (χ4v) is 5.10. The van der Waals surface area contributed by atoms with Crippen molar-refractivity contribution in [1.82, 2.24) is 9.62 Å². The summed E-state index contributed by atoms with van der Waals surface area (Å²) in [5, 5.41) is 2.45. The van der Waals surface area contributed by atoms with E-state index < -0.39 is 31.7 Å². The van der Waals surface area contributed by atoms with Crippen molar-refractivity contribution in [2.24, 2.45) is 0 Å². The number of nitrogens with zero attached hydrogens (tertiary/aromatic N) is 1. The van der Waals surface area contributed by atoms with Gasteiger partial charge in [0.05, 0.1) is 10.6 Å². The molecule has 1 aliphatic rings. The summed E-state index contributed by atoms with van der Waals surface area (Å²) < 4.78 is 66.0. The third kappa shape index (κ3) is 3.24. The summed E-state index contributed by atoms with van der Waals surface area (Å²) in [6, 6.07) is 2.63. The Bertz CT molecular complexity index is 649. The average Bonchev–Trinajstić information content (AvgIpc) is 2.86. The Morgan fingerprint density at radius 1 is 1.41 bits per heavy atom. The number of rotatable bonds is 4. The van der Waals surface area contributed by atoms with Gasteiger partial charge in [0.15, 0.2) is 0 Å². The topological polar surface area (TPSA) is 49.4 Å². The number of likely N-dealkylation sites (N-methyl/N-ethyl adjacent to an activating group) is 1. The van der Waals surface area contributed by atoms with E-state index in [2.05, 4.69) is 5.32 Å². The fraction of sp³-hybridized carbons (Fsp3) is 0.538. The maximum absolute atomic E-state index is 13.1. The molecule has 0 saturated carbocycles. The Labute approximate surface area is 132 Å². The van der Waals surface area contributed by atoms with Crippen LogP contribution in [-0.2, 0) is 16.2 Å². The zero-order valence-corrected chi connectivity index (χ0v) is 13.4. The summed E-state index contributed by atoms with van der Waals surface area (Å²) in [6.45, 7) is 0.572. The number of sulfonamides is 1. The molecule has 1 aromatic carbocycles. The molecular weight excluding hydrogens is 341 g/mol. The number of alkyl halides is 3. The number of benzene rings is 1. The molecule has 0 aromatic heterocycles. The van der Waals surface area contributed by atoms with Crippen LogP contribution in [0.25, 0.3) is 0 Å². The van der Waals surface area contributed by atoms with Gasteiger partial charge in [-0.3, -0.25) is 0 Å². The van der Waals surface area contributed by atoms with Crippen molar-refractivity contribution in [3.8, 4) is 0 Å². The number of hydrogen-bond acceptors (Lipinski definition) is 3. The molecule has 0 bridgehead atoms. The van der Waals surface area contributed by atoms with Gasteiger partial charge in [-0.15, -0.1) is 0 Å². The smallest absolute Gasteiger partial charge is 0.318 e. The van der Waals surface area contributed by atoms with Gasteiger partial charge in [-0.1, -0.05) is 17.7 Å². The molecule has 2 rings (SSSR count). The van der Waals surface area contributed by atoms with E-state index in [0.717, 1.165) is 22.5 Å². The lowest BCUT2D eigenvalue weighted by Crippen LogP contribution is -2.41. The van der Waals surface area contributed by atoms with Crippen LogP contribution >= 0.6 is 11.6 Å². The molecular formula is C13H16ClF3N2O2S. The van der Waals surface area contributed by atoms with E-state index in [0.29, 0.717) is 19.4 Å². The second kappa shape index (κ2) is 6.35. The molecule has 1 saturated heterocycles. The summed E-state index contributed by atoms with van der Waals surface area (Å²) >= 11 is 5.80. The largest absolute Gasteiger partial charge is 0.417 e. The van der Waals surface area contributed by atoms with Gasteiger partial charge in [0.2, 0.25) is 10.0 Å². The Hall–Kier alpha value is -0.830. The number of nitrogens with one attached hydrogen (secondary N) is 1. The molecule has 9 heteroatoms. The van der Waals surface area contributed by atoms with Crippen molar-refractivity contribution in [3.63, 3.8) is 0 Å². The Morgan fingerprint density at radius 3 is 2.68 bits per heavy atom. The Kier molecular flexibility index (Phi) is 5.06. The minimum absolute atomic E-state index is 0.192. The van der Waals surface area contributed by atoms with Gasteiger partial charge < -0.3 is 5.32 Å². The molecule has 1 fully saturated rings. The van der Waals surface area contributed by atoms with Gasteiger partial charge >= 0.3 is 6.18 Å². The minimum Gasteiger partial charge on any atom is -0.318 e.